The Bertz CT molecular complexity index is 1020. The molecule has 28 heavy (non-hydrogen) atoms. The van der Waals surface area contributed by atoms with Gasteiger partial charge in [0.1, 0.15) is 5.82 Å². The smallest absolute Gasteiger partial charge is 0.307 e. The monoisotopic (exact) mass is 382 g/mol. The van der Waals surface area contributed by atoms with E-state index in [-0.39, 0.29) is 24.8 Å². The molecule has 0 spiro atoms. The number of amides is 1. The van der Waals surface area contributed by atoms with Gasteiger partial charge in [-0.2, -0.15) is 5.10 Å². The molecule has 1 saturated heterocycles. The molecule has 1 unspecified atom stereocenters. The molecule has 1 aliphatic heterocycles. The first-order valence-corrected chi connectivity index (χ1v) is 8.48. The Hall–Kier alpha value is -3.75. The number of hydrogen-bond acceptors (Lipinski definition) is 6. The first kappa shape index (κ1) is 19.0. The standard InChI is InChI=1S/C18H16N4O3.CH2O2/c1-18(9-7-13(23)25-18)17(24)20-16-14-12(11-5-3-2-4-6-11)8-10-19-15(14)21-22-16;2-1-3/h2-6,8,10H,7,9H2,1H3,(H2,19,20,21,22,24);1H,(H,2,3). The maximum absolute atomic E-state index is 12.6. The van der Waals surface area contributed by atoms with Gasteiger partial charge in [0.15, 0.2) is 11.2 Å². The number of benzene rings is 1. The van der Waals surface area contributed by atoms with Crippen LogP contribution in [0.4, 0.5) is 5.82 Å². The zero-order valence-electron chi connectivity index (χ0n) is 15.0. The van der Waals surface area contributed by atoms with Crippen LogP contribution in [-0.2, 0) is 19.1 Å². The van der Waals surface area contributed by atoms with E-state index >= 15 is 0 Å². The number of hydrogen-bond donors (Lipinski definition) is 3. The molecular weight excluding hydrogens is 364 g/mol. The predicted molar refractivity (Wildman–Crippen MR) is 100 cm³/mol. The van der Waals surface area contributed by atoms with Crippen molar-refractivity contribution in [2.75, 3.05) is 5.32 Å². The van der Waals surface area contributed by atoms with E-state index in [2.05, 4.69) is 20.5 Å². The molecule has 2 aromatic heterocycles. The van der Waals surface area contributed by atoms with Crippen molar-refractivity contribution in [1.29, 1.82) is 0 Å². The average Bonchev–Trinajstić information content (AvgIpc) is 3.27. The number of esters is 1. The van der Waals surface area contributed by atoms with E-state index in [4.69, 9.17) is 14.6 Å². The number of aromatic nitrogens is 3. The number of cyclic esters (lactones) is 1. The number of H-pyrrole nitrogens is 1. The van der Waals surface area contributed by atoms with E-state index in [1.54, 1.807) is 13.1 Å². The average molecular weight is 382 g/mol. The normalized spacial score (nSPS) is 18.1. The number of fused-ring (bicyclic) bond motifs is 1. The number of anilines is 1. The summed E-state index contributed by atoms with van der Waals surface area (Å²) < 4.78 is 5.19. The van der Waals surface area contributed by atoms with Crippen molar-refractivity contribution in [2.45, 2.75) is 25.4 Å². The minimum absolute atomic E-state index is 0.241. The highest BCUT2D eigenvalue weighted by atomic mass is 16.6. The molecule has 4 rings (SSSR count). The van der Waals surface area contributed by atoms with Crippen molar-refractivity contribution in [3.63, 3.8) is 0 Å². The third-order valence-electron chi connectivity index (χ3n) is 4.40. The van der Waals surface area contributed by atoms with Gasteiger partial charge in [0, 0.05) is 19.0 Å². The number of ether oxygens (including phenoxy) is 1. The SMILES string of the molecule is CC1(C(=O)Nc2[nH]nc3nccc(-c4ccccc4)c23)CCC(=O)O1.O=CO. The summed E-state index contributed by atoms with van der Waals surface area (Å²) in [4.78, 5) is 36.6. The minimum Gasteiger partial charge on any atom is -0.483 e. The van der Waals surface area contributed by atoms with Crippen LogP contribution in [0.5, 0.6) is 0 Å². The van der Waals surface area contributed by atoms with Crippen LogP contribution in [0.2, 0.25) is 0 Å². The van der Waals surface area contributed by atoms with Crippen LogP contribution in [0.3, 0.4) is 0 Å². The Balaban J connectivity index is 0.000000706. The summed E-state index contributed by atoms with van der Waals surface area (Å²) in [5.41, 5.74) is 1.24. The molecule has 9 heteroatoms. The quantitative estimate of drug-likeness (QED) is 0.467. The second kappa shape index (κ2) is 7.87. The summed E-state index contributed by atoms with van der Waals surface area (Å²) >= 11 is 0. The number of pyridine rings is 1. The maximum atomic E-state index is 12.6. The zero-order chi connectivity index (χ0) is 20.1. The van der Waals surface area contributed by atoms with Crippen LogP contribution in [-0.4, -0.2) is 44.2 Å². The number of carbonyl (C=O) groups excluding carboxylic acids is 2. The molecule has 1 fully saturated rings. The second-order valence-electron chi connectivity index (χ2n) is 6.29. The zero-order valence-corrected chi connectivity index (χ0v) is 15.0. The van der Waals surface area contributed by atoms with Crippen LogP contribution in [0, 0.1) is 0 Å². The third-order valence-corrected chi connectivity index (χ3v) is 4.40. The molecule has 0 radical (unpaired) electrons. The Morgan fingerprint density at radius 3 is 2.68 bits per heavy atom. The lowest BCUT2D eigenvalue weighted by molar-refractivity contribution is -0.154. The molecule has 0 aliphatic carbocycles. The summed E-state index contributed by atoms with van der Waals surface area (Å²) in [5, 5.41) is 17.4. The highest BCUT2D eigenvalue weighted by Gasteiger charge is 2.43. The van der Waals surface area contributed by atoms with Gasteiger partial charge in [0.05, 0.1) is 5.39 Å². The van der Waals surface area contributed by atoms with Crippen molar-refractivity contribution in [1.82, 2.24) is 15.2 Å². The van der Waals surface area contributed by atoms with Crippen LogP contribution in [0.1, 0.15) is 19.8 Å². The number of nitrogens with zero attached hydrogens (tertiary/aromatic N) is 2. The van der Waals surface area contributed by atoms with Crippen molar-refractivity contribution in [2.24, 2.45) is 0 Å². The summed E-state index contributed by atoms with van der Waals surface area (Å²) in [6.45, 7) is 1.36. The molecule has 1 atom stereocenters. The summed E-state index contributed by atoms with van der Waals surface area (Å²) in [5.74, 6) is -0.304. The van der Waals surface area contributed by atoms with Gasteiger partial charge >= 0.3 is 5.97 Å². The predicted octanol–water partition coefficient (Wildman–Crippen LogP) is 2.36. The molecule has 1 aromatic carbocycles. The second-order valence-corrected chi connectivity index (χ2v) is 6.29. The molecule has 144 valence electrons. The van der Waals surface area contributed by atoms with Crippen molar-refractivity contribution in [3.8, 4) is 11.1 Å². The largest absolute Gasteiger partial charge is 0.483 e. The molecule has 0 saturated carbocycles. The van der Waals surface area contributed by atoms with Gasteiger partial charge in [0.2, 0.25) is 0 Å². The lowest BCUT2D eigenvalue weighted by Crippen LogP contribution is -2.39. The highest BCUT2D eigenvalue weighted by Crippen LogP contribution is 2.33. The van der Waals surface area contributed by atoms with E-state index in [9.17, 15) is 9.59 Å². The first-order valence-electron chi connectivity index (χ1n) is 8.48. The van der Waals surface area contributed by atoms with E-state index in [1.165, 1.54) is 0 Å². The minimum atomic E-state index is -1.16. The van der Waals surface area contributed by atoms with Crippen molar-refractivity contribution >= 4 is 35.2 Å². The van der Waals surface area contributed by atoms with Gasteiger partial charge in [-0.1, -0.05) is 30.3 Å². The number of aromatic amines is 1. The molecule has 3 aromatic rings. The van der Waals surface area contributed by atoms with Crippen LogP contribution in [0.25, 0.3) is 22.2 Å². The van der Waals surface area contributed by atoms with Gasteiger partial charge in [-0.25, -0.2) is 4.98 Å². The molecule has 3 heterocycles. The fourth-order valence-electron chi connectivity index (χ4n) is 2.99. The van der Waals surface area contributed by atoms with Crippen molar-refractivity contribution < 1.29 is 24.2 Å². The maximum Gasteiger partial charge on any atom is 0.307 e. The van der Waals surface area contributed by atoms with E-state index < -0.39 is 5.60 Å². The lowest BCUT2D eigenvalue weighted by atomic mass is 10.0. The van der Waals surface area contributed by atoms with E-state index in [0.717, 1.165) is 16.5 Å². The Morgan fingerprint density at radius 1 is 1.32 bits per heavy atom. The van der Waals surface area contributed by atoms with Crippen LogP contribution in [0.15, 0.2) is 42.6 Å². The molecule has 9 nitrogen and oxygen atoms in total. The molecule has 1 aliphatic rings. The summed E-state index contributed by atoms with van der Waals surface area (Å²) in [6.07, 6.45) is 2.27. The first-order chi connectivity index (χ1) is 13.5. The number of rotatable bonds is 3. The van der Waals surface area contributed by atoms with E-state index in [0.29, 0.717) is 17.9 Å². The van der Waals surface area contributed by atoms with Gasteiger partial charge in [-0.05, 0) is 24.1 Å². The Kier molecular flexibility index (Phi) is 5.35. The summed E-state index contributed by atoms with van der Waals surface area (Å²) in [7, 11) is 0. The van der Waals surface area contributed by atoms with Gasteiger partial charge < -0.3 is 15.2 Å². The third kappa shape index (κ3) is 3.68. The molecular formula is C19H18N4O5. The lowest BCUT2D eigenvalue weighted by Gasteiger charge is -2.21. The number of carboxylic acid groups (broad SMARTS) is 1. The number of nitrogens with one attached hydrogen (secondary N) is 2. The molecule has 1 amide bonds. The van der Waals surface area contributed by atoms with E-state index in [1.807, 2.05) is 36.4 Å². The van der Waals surface area contributed by atoms with Crippen molar-refractivity contribution in [3.05, 3.63) is 42.6 Å². The van der Waals surface area contributed by atoms with Gasteiger partial charge in [-0.15, -0.1) is 0 Å². The Labute approximate surface area is 159 Å². The number of carbonyl (C=O) groups is 3. The van der Waals surface area contributed by atoms with Crippen LogP contribution < -0.4 is 5.32 Å². The Morgan fingerprint density at radius 2 is 2.04 bits per heavy atom. The molecule has 0 bridgehead atoms. The topological polar surface area (TPSA) is 134 Å². The van der Waals surface area contributed by atoms with Crippen LogP contribution >= 0.6 is 0 Å². The fraction of sp³-hybridized carbons (Fsp3) is 0.211. The fourth-order valence-corrected chi connectivity index (χ4v) is 2.99. The highest BCUT2D eigenvalue weighted by molar-refractivity contribution is 6.08. The van der Waals surface area contributed by atoms with Gasteiger partial charge in [0.25, 0.3) is 12.4 Å². The molecule has 3 N–H and O–H groups in total. The summed E-state index contributed by atoms with van der Waals surface area (Å²) in [6, 6.07) is 11.7. The van der Waals surface area contributed by atoms with Gasteiger partial charge in [-0.3, -0.25) is 19.5 Å².